The zero-order chi connectivity index (χ0) is 22.7. The summed E-state index contributed by atoms with van der Waals surface area (Å²) in [6, 6.07) is 13.3. The minimum absolute atomic E-state index is 0.127. The van der Waals surface area contributed by atoms with Gasteiger partial charge in [0, 0.05) is 29.7 Å². The third-order valence-electron chi connectivity index (χ3n) is 5.50. The second kappa shape index (κ2) is 9.32. The Morgan fingerprint density at radius 2 is 1.78 bits per heavy atom. The lowest BCUT2D eigenvalue weighted by Gasteiger charge is -2.31. The monoisotopic (exact) mass is 474 g/mol. The number of methoxy groups -OCH3 is 1. The van der Waals surface area contributed by atoms with Crippen LogP contribution in [0, 0.1) is 0 Å². The summed E-state index contributed by atoms with van der Waals surface area (Å²) in [5.41, 5.74) is 1.84. The quantitative estimate of drug-likeness (QED) is 0.570. The topological polar surface area (TPSA) is 104 Å². The Morgan fingerprint density at radius 1 is 1.12 bits per heavy atom. The molecule has 2 N–H and O–H groups in total. The number of carbonyl (C=O) groups is 1. The van der Waals surface area contributed by atoms with Crippen LogP contribution in [0.3, 0.4) is 0 Å². The fourth-order valence-corrected chi connectivity index (χ4v) is 5.29. The number of nitrogens with one attached hydrogen (secondary N) is 2. The van der Waals surface area contributed by atoms with Crippen LogP contribution in [-0.4, -0.2) is 55.1 Å². The zero-order valence-corrected chi connectivity index (χ0v) is 19.0. The number of halogens is 1. The van der Waals surface area contributed by atoms with Crippen LogP contribution < -0.4 is 10.1 Å². The van der Waals surface area contributed by atoms with Gasteiger partial charge in [0.15, 0.2) is 0 Å². The largest absolute Gasteiger partial charge is 0.497 e. The highest BCUT2D eigenvalue weighted by molar-refractivity contribution is 7.89. The lowest BCUT2D eigenvalue weighted by Crippen LogP contribution is -2.46. The van der Waals surface area contributed by atoms with Gasteiger partial charge in [0.1, 0.15) is 5.75 Å². The van der Waals surface area contributed by atoms with Gasteiger partial charge in [-0.25, -0.2) is 8.42 Å². The van der Waals surface area contributed by atoms with Crippen molar-refractivity contribution in [2.75, 3.05) is 20.2 Å². The molecule has 0 saturated carbocycles. The van der Waals surface area contributed by atoms with E-state index in [-0.39, 0.29) is 16.8 Å². The summed E-state index contributed by atoms with van der Waals surface area (Å²) >= 11 is 5.94. The molecule has 32 heavy (non-hydrogen) atoms. The van der Waals surface area contributed by atoms with Gasteiger partial charge >= 0.3 is 0 Å². The van der Waals surface area contributed by atoms with Gasteiger partial charge in [-0.3, -0.25) is 9.89 Å². The Hall–Kier alpha value is -2.88. The first-order valence-corrected chi connectivity index (χ1v) is 11.9. The normalized spacial score (nSPS) is 15.4. The molecule has 1 amide bonds. The van der Waals surface area contributed by atoms with E-state index in [9.17, 15) is 13.2 Å². The summed E-state index contributed by atoms with van der Waals surface area (Å²) in [6.07, 6.45) is 2.53. The van der Waals surface area contributed by atoms with Crippen molar-refractivity contribution < 1.29 is 17.9 Å². The number of ether oxygens (including phenoxy) is 1. The summed E-state index contributed by atoms with van der Waals surface area (Å²) in [5, 5.41) is 10.5. The first kappa shape index (κ1) is 22.3. The van der Waals surface area contributed by atoms with Crippen molar-refractivity contribution in [3.63, 3.8) is 0 Å². The summed E-state index contributed by atoms with van der Waals surface area (Å²) in [6.45, 7) is 0.656. The average Bonchev–Trinajstić information content (AvgIpc) is 3.30. The predicted octanol–water partition coefficient (Wildman–Crippen LogP) is 3.32. The van der Waals surface area contributed by atoms with E-state index in [0.29, 0.717) is 48.0 Å². The molecular formula is C22H23ClN4O4S. The third kappa shape index (κ3) is 4.64. The Balaban J connectivity index is 1.39. The van der Waals surface area contributed by atoms with E-state index in [0.717, 1.165) is 5.56 Å². The third-order valence-corrected chi connectivity index (χ3v) is 7.67. The van der Waals surface area contributed by atoms with Crippen LogP contribution >= 0.6 is 11.6 Å². The molecule has 0 unspecified atom stereocenters. The lowest BCUT2D eigenvalue weighted by atomic mass is 10.0. The molecule has 1 saturated heterocycles. The van der Waals surface area contributed by atoms with Crippen LogP contribution in [-0.2, 0) is 10.0 Å². The highest BCUT2D eigenvalue weighted by Crippen LogP contribution is 2.25. The minimum Gasteiger partial charge on any atom is -0.497 e. The molecule has 2 heterocycles. The van der Waals surface area contributed by atoms with E-state index in [1.807, 2.05) is 12.1 Å². The fourth-order valence-electron chi connectivity index (χ4n) is 3.70. The van der Waals surface area contributed by atoms with Crippen molar-refractivity contribution in [1.82, 2.24) is 19.8 Å². The van der Waals surface area contributed by atoms with Gasteiger partial charge in [0.2, 0.25) is 10.0 Å². The smallest absolute Gasteiger partial charge is 0.255 e. The number of nitrogens with zero attached hydrogens (tertiary/aromatic N) is 2. The van der Waals surface area contributed by atoms with Crippen molar-refractivity contribution in [2.24, 2.45) is 0 Å². The second-order valence-corrected chi connectivity index (χ2v) is 9.87. The van der Waals surface area contributed by atoms with Gasteiger partial charge in [-0.05, 0) is 49.2 Å². The molecule has 1 aromatic heterocycles. The van der Waals surface area contributed by atoms with Gasteiger partial charge in [-0.1, -0.05) is 23.7 Å². The number of amides is 1. The van der Waals surface area contributed by atoms with E-state index in [4.69, 9.17) is 16.3 Å². The molecule has 3 aromatic rings. The van der Waals surface area contributed by atoms with Crippen LogP contribution in [0.1, 0.15) is 23.2 Å². The molecule has 0 radical (unpaired) electrons. The number of aromatic amines is 1. The Bertz CT molecular complexity index is 1190. The summed E-state index contributed by atoms with van der Waals surface area (Å²) in [4.78, 5) is 13.1. The predicted molar refractivity (Wildman–Crippen MR) is 121 cm³/mol. The minimum atomic E-state index is -3.59. The second-order valence-electron chi connectivity index (χ2n) is 7.49. The number of sulfonamides is 1. The molecule has 0 aliphatic carbocycles. The molecule has 1 aliphatic heterocycles. The maximum Gasteiger partial charge on any atom is 0.255 e. The number of hydrogen-bond donors (Lipinski definition) is 2. The molecule has 0 bridgehead atoms. The maximum atomic E-state index is 12.9. The number of benzene rings is 2. The zero-order valence-electron chi connectivity index (χ0n) is 17.4. The van der Waals surface area contributed by atoms with Crippen LogP contribution in [0.5, 0.6) is 5.75 Å². The molecule has 1 fully saturated rings. The van der Waals surface area contributed by atoms with Crippen molar-refractivity contribution in [1.29, 1.82) is 0 Å². The molecule has 2 aromatic carbocycles. The van der Waals surface area contributed by atoms with Crippen LogP contribution in [0.4, 0.5) is 0 Å². The number of carbonyl (C=O) groups excluding carboxylic acids is 1. The number of rotatable bonds is 6. The van der Waals surface area contributed by atoms with E-state index in [1.54, 1.807) is 36.4 Å². The van der Waals surface area contributed by atoms with Gasteiger partial charge in [0.05, 0.1) is 29.5 Å². The standard InChI is InChI=1S/C22H23ClN4O4S/c1-31-18-6-8-19(9-7-18)32(29,30)27-12-10-17(11-13-27)25-22(28)20-14-24-26-21(20)15-2-4-16(23)5-3-15/h2-9,14,17H,10-13H2,1H3,(H,24,26)(H,25,28). The van der Waals surface area contributed by atoms with Crippen molar-refractivity contribution in [2.45, 2.75) is 23.8 Å². The first-order valence-electron chi connectivity index (χ1n) is 10.1. The molecule has 0 atom stereocenters. The van der Waals surface area contributed by atoms with Crippen LogP contribution in [0.2, 0.25) is 5.02 Å². The summed E-state index contributed by atoms with van der Waals surface area (Å²) < 4.78 is 32.4. The van der Waals surface area contributed by atoms with E-state index in [2.05, 4.69) is 15.5 Å². The molecule has 8 nitrogen and oxygen atoms in total. The number of hydrogen-bond acceptors (Lipinski definition) is 5. The van der Waals surface area contributed by atoms with E-state index < -0.39 is 10.0 Å². The van der Waals surface area contributed by atoms with Crippen LogP contribution in [0.25, 0.3) is 11.3 Å². The Morgan fingerprint density at radius 3 is 2.41 bits per heavy atom. The molecule has 4 rings (SSSR count). The number of aromatic nitrogens is 2. The molecule has 10 heteroatoms. The van der Waals surface area contributed by atoms with Crippen molar-refractivity contribution in [3.05, 3.63) is 65.3 Å². The number of piperidine rings is 1. The summed E-state index contributed by atoms with van der Waals surface area (Å²) in [5.74, 6) is 0.350. The van der Waals surface area contributed by atoms with Crippen LogP contribution in [0.15, 0.2) is 59.6 Å². The average molecular weight is 475 g/mol. The maximum absolute atomic E-state index is 12.9. The Kier molecular flexibility index (Phi) is 6.50. The fraction of sp³-hybridized carbons (Fsp3) is 0.273. The number of H-pyrrole nitrogens is 1. The Labute approximate surface area is 191 Å². The SMILES string of the molecule is COc1ccc(S(=O)(=O)N2CCC(NC(=O)c3cn[nH]c3-c3ccc(Cl)cc3)CC2)cc1. The molecule has 1 aliphatic rings. The summed E-state index contributed by atoms with van der Waals surface area (Å²) in [7, 11) is -2.06. The highest BCUT2D eigenvalue weighted by Gasteiger charge is 2.30. The van der Waals surface area contributed by atoms with E-state index in [1.165, 1.54) is 17.6 Å². The molecular weight excluding hydrogens is 452 g/mol. The van der Waals surface area contributed by atoms with Gasteiger partial charge in [-0.2, -0.15) is 9.40 Å². The van der Waals surface area contributed by atoms with E-state index >= 15 is 0 Å². The lowest BCUT2D eigenvalue weighted by molar-refractivity contribution is 0.0924. The van der Waals surface area contributed by atoms with Crippen molar-refractivity contribution >= 4 is 27.5 Å². The first-order chi connectivity index (χ1) is 15.4. The van der Waals surface area contributed by atoms with Gasteiger partial charge in [-0.15, -0.1) is 0 Å². The van der Waals surface area contributed by atoms with Crippen molar-refractivity contribution in [3.8, 4) is 17.0 Å². The molecule has 168 valence electrons. The highest BCUT2D eigenvalue weighted by atomic mass is 35.5. The molecule has 0 spiro atoms. The van der Waals surface area contributed by atoms with Gasteiger partial charge in [0.25, 0.3) is 5.91 Å². The van der Waals surface area contributed by atoms with Gasteiger partial charge < -0.3 is 10.1 Å².